The van der Waals surface area contributed by atoms with Gasteiger partial charge in [-0.05, 0) is 31.0 Å². The van der Waals surface area contributed by atoms with Crippen molar-refractivity contribution in [3.63, 3.8) is 0 Å². The van der Waals surface area contributed by atoms with Crippen LogP contribution in [-0.4, -0.2) is 30.6 Å². The van der Waals surface area contributed by atoms with Crippen LogP contribution in [0.4, 0.5) is 0 Å². The molecule has 0 heterocycles. The Bertz CT molecular complexity index is 431. The molecule has 0 saturated carbocycles. The average molecular weight is 265 g/mol. The van der Waals surface area contributed by atoms with Crippen molar-refractivity contribution in [2.75, 3.05) is 13.7 Å². The maximum absolute atomic E-state index is 11.8. The van der Waals surface area contributed by atoms with E-state index < -0.39 is 5.97 Å². The highest BCUT2D eigenvalue weighted by atomic mass is 16.5. The van der Waals surface area contributed by atoms with Crippen molar-refractivity contribution in [3.05, 3.63) is 29.8 Å². The lowest BCUT2D eigenvalue weighted by Crippen LogP contribution is -2.24. The van der Waals surface area contributed by atoms with Crippen LogP contribution >= 0.6 is 0 Å². The van der Waals surface area contributed by atoms with Gasteiger partial charge >= 0.3 is 5.97 Å². The van der Waals surface area contributed by atoms with Crippen molar-refractivity contribution >= 4 is 11.9 Å². The molecule has 0 aromatic heterocycles. The number of carboxylic acids is 1. The van der Waals surface area contributed by atoms with E-state index >= 15 is 0 Å². The summed E-state index contributed by atoms with van der Waals surface area (Å²) in [5.41, 5.74) is 0.560. The minimum Gasteiger partial charge on any atom is -0.497 e. The van der Waals surface area contributed by atoms with Gasteiger partial charge in [0.25, 0.3) is 5.91 Å². The highest BCUT2D eigenvalue weighted by Gasteiger charge is 2.05. The molecule has 19 heavy (non-hydrogen) atoms. The van der Waals surface area contributed by atoms with E-state index in [-0.39, 0.29) is 12.3 Å². The molecular formula is C14H19NO4. The Morgan fingerprint density at radius 3 is 2.74 bits per heavy atom. The molecular weight excluding hydrogens is 246 g/mol. The van der Waals surface area contributed by atoms with Crippen molar-refractivity contribution in [2.24, 2.45) is 0 Å². The quantitative estimate of drug-likeness (QED) is 0.705. The largest absolute Gasteiger partial charge is 0.497 e. The zero-order chi connectivity index (χ0) is 14.1. The van der Waals surface area contributed by atoms with Crippen molar-refractivity contribution in [2.45, 2.75) is 25.7 Å². The topological polar surface area (TPSA) is 75.6 Å². The zero-order valence-electron chi connectivity index (χ0n) is 11.0. The molecule has 0 atom stereocenters. The lowest BCUT2D eigenvalue weighted by atomic mass is 10.2. The average Bonchev–Trinajstić information content (AvgIpc) is 2.42. The van der Waals surface area contributed by atoms with Gasteiger partial charge in [-0.1, -0.05) is 12.5 Å². The van der Waals surface area contributed by atoms with Crippen LogP contribution < -0.4 is 10.1 Å². The molecule has 0 radical (unpaired) electrons. The number of carbonyl (C=O) groups is 2. The lowest BCUT2D eigenvalue weighted by molar-refractivity contribution is -0.137. The third-order valence-electron chi connectivity index (χ3n) is 2.68. The fourth-order valence-electron chi connectivity index (χ4n) is 1.65. The zero-order valence-corrected chi connectivity index (χ0v) is 11.0. The molecule has 2 N–H and O–H groups in total. The third kappa shape index (κ3) is 5.90. The molecule has 0 aliphatic rings. The highest BCUT2D eigenvalue weighted by Crippen LogP contribution is 2.12. The Labute approximate surface area is 112 Å². The predicted octanol–water partition coefficient (Wildman–Crippen LogP) is 2.07. The van der Waals surface area contributed by atoms with E-state index in [4.69, 9.17) is 9.84 Å². The van der Waals surface area contributed by atoms with Gasteiger partial charge in [0.2, 0.25) is 0 Å². The Morgan fingerprint density at radius 1 is 1.26 bits per heavy atom. The first-order valence-corrected chi connectivity index (χ1v) is 6.27. The summed E-state index contributed by atoms with van der Waals surface area (Å²) in [6.45, 7) is 0.551. The maximum atomic E-state index is 11.8. The molecule has 1 amide bonds. The number of nitrogens with one attached hydrogen (secondary N) is 1. The van der Waals surface area contributed by atoms with Crippen LogP contribution in [0.15, 0.2) is 24.3 Å². The van der Waals surface area contributed by atoms with Crippen molar-refractivity contribution in [3.8, 4) is 5.75 Å². The monoisotopic (exact) mass is 265 g/mol. The van der Waals surface area contributed by atoms with E-state index in [9.17, 15) is 9.59 Å². The number of amides is 1. The molecule has 0 bridgehead atoms. The Morgan fingerprint density at radius 2 is 2.05 bits per heavy atom. The Kier molecular flexibility index (Phi) is 6.43. The molecule has 1 rings (SSSR count). The second-order valence-corrected chi connectivity index (χ2v) is 4.19. The van der Waals surface area contributed by atoms with E-state index in [0.717, 1.165) is 12.8 Å². The summed E-state index contributed by atoms with van der Waals surface area (Å²) in [4.78, 5) is 22.1. The number of carbonyl (C=O) groups excluding carboxylic acids is 1. The minimum absolute atomic E-state index is 0.142. The normalized spacial score (nSPS) is 9.95. The van der Waals surface area contributed by atoms with Gasteiger partial charge in [-0.2, -0.15) is 0 Å². The van der Waals surface area contributed by atoms with E-state index in [1.54, 1.807) is 31.4 Å². The van der Waals surface area contributed by atoms with E-state index in [0.29, 0.717) is 24.3 Å². The highest BCUT2D eigenvalue weighted by molar-refractivity contribution is 5.94. The molecule has 1 aromatic rings. The van der Waals surface area contributed by atoms with Gasteiger partial charge < -0.3 is 15.2 Å². The van der Waals surface area contributed by atoms with Crippen LogP contribution in [0, 0.1) is 0 Å². The van der Waals surface area contributed by atoms with Crippen LogP contribution in [0.25, 0.3) is 0 Å². The van der Waals surface area contributed by atoms with Crippen molar-refractivity contribution < 1.29 is 19.4 Å². The second kappa shape index (κ2) is 8.13. The molecule has 5 heteroatoms. The predicted molar refractivity (Wildman–Crippen MR) is 71.4 cm³/mol. The van der Waals surface area contributed by atoms with Crippen LogP contribution in [-0.2, 0) is 4.79 Å². The van der Waals surface area contributed by atoms with E-state index in [1.807, 2.05) is 0 Å². The first-order valence-electron chi connectivity index (χ1n) is 6.27. The fraction of sp³-hybridized carbons (Fsp3) is 0.429. The summed E-state index contributed by atoms with van der Waals surface area (Å²) in [6, 6.07) is 6.95. The van der Waals surface area contributed by atoms with E-state index in [1.165, 1.54) is 0 Å². The third-order valence-corrected chi connectivity index (χ3v) is 2.68. The molecule has 0 unspecified atom stereocenters. The number of hydrogen-bond donors (Lipinski definition) is 2. The van der Waals surface area contributed by atoms with Crippen LogP contribution in [0.2, 0.25) is 0 Å². The molecule has 0 aliphatic heterocycles. The summed E-state index contributed by atoms with van der Waals surface area (Å²) < 4.78 is 5.05. The lowest BCUT2D eigenvalue weighted by Gasteiger charge is -2.06. The van der Waals surface area contributed by atoms with Gasteiger partial charge in [0.05, 0.1) is 7.11 Å². The number of rotatable bonds is 8. The molecule has 0 fully saturated rings. The molecule has 0 saturated heterocycles. The van der Waals surface area contributed by atoms with Gasteiger partial charge in [0, 0.05) is 18.5 Å². The second-order valence-electron chi connectivity index (χ2n) is 4.19. The van der Waals surface area contributed by atoms with Crippen LogP contribution in [0.3, 0.4) is 0 Å². The standard InChI is InChI=1S/C14H19NO4/c1-19-12-7-5-6-11(10-12)14(18)15-9-4-2-3-8-13(16)17/h5-7,10H,2-4,8-9H2,1H3,(H,15,18)(H,16,17). The molecule has 0 spiro atoms. The number of hydrogen-bond acceptors (Lipinski definition) is 3. The number of unbranched alkanes of at least 4 members (excludes halogenated alkanes) is 2. The SMILES string of the molecule is COc1cccc(C(=O)NCCCCCC(=O)O)c1. The fourth-order valence-corrected chi connectivity index (χ4v) is 1.65. The minimum atomic E-state index is -0.777. The maximum Gasteiger partial charge on any atom is 0.303 e. The van der Waals surface area contributed by atoms with Crippen LogP contribution in [0.1, 0.15) is 36.0 Å². The summed E-state index contributed by atoms with van der Waals surface area (Å²) in [5, 5.41) is 11.3. The Balaban J connectivity index is 2.25. The van der Waals surface area contributed by atoms with Gasteiger partial charge in [0.1, 0.15) is 5.75 Å². The van der Waals surface area contributed by atoms with E-state index in [2.05, 4.69) is 5.32 Å². The molecule has 1 aromatic carbocycles. The molecule has 0 aliphatic carbocycles. The summed E-state index contributed by atoms with van der Waals surface area (Å²) in [6.07, 6.45) is 2.40. The first kappa shape index (κ1) is 15.0. The van der Waals surface area contributed by atoms with Gasteiger partial charge in [-0.15, -0.1) is 0 Å². The number of benzene rings is 1. The molecule has 5 nitrogen and oxygen atoms in total. The van der Waals surface area contributed by atoms with Crippen molar-refractivity contribution in [1.82, 2.24) is 5.32 Å². The smallest absolute Gasteiger partial charge is 0.303 e. The summed E-state index contributed by atoms with van der Waals surface area (Å²) >= 11 is 0. The number of methoxy groups -OCH3 is 1. The van der Waals surface area contributed by atoms with Crippen LogP contribution in [0.5, 0.6) is 5.75 Å². The first-order chi connectivity index (χ1) is 9.13. The Hall–Kier alpha value is -2.04. The molecule has 104 valence electrons. The van der Waals surface area contributed by atoms with Gasteiger partial charge in [0.15, 0.2) is 0 Å². The number of ether oxygens (including phenoxy) is 1. The van der Waals surface area contributed by atoms with Gasteiger partial charge in [-0.25, -0.2) is 0 Å². The van der Waals surface area contributed by atoms with Gasteiger partial charge in [-0.3, -0.25) is 9.59 Å². The summed E-state index contributed by atoms with van der Waals surface area (Å²) in [7, 11) is 1.56. The number of carboxylic acid groups (broad SMARTS) is 1. The number of aliphatic carboxylic acids is 1. The summed E-state index contributed by atoms with van der Waals surface area (Å²) in [5.74, 6) is -0.272. The van der Waals surface area contributed by atoms with Crippen molar-refractivity contribution in [1.29, 1.82) is 0 Å².